The summed E-state index contributed by atoms with van der Waals surface area (Å²) in [4.78, 5) is 0. The topological polar surface area (TPSA) is 56.8 Å². The van der Waals surface area contributed by atoms with Gasteiger partial charge in [-0.05, 0) is 20.8 Å². The molecule has 1 saturated heterocycles. The van der Waals surface area contributed by atoms with Gasteiger partial charge in [0.2, 0.25) is 0 Å². The summed E-state index contributed by atoms with van der Waals surface area (Å²) in [6, 6.07) is 0. The first-order valence-electron chi connectivity index (χ1n) is 5.97. The molecule has 5 heteroatoms. The van der Waals surface area contributed by atoms with E-state index in [1.165, 1.54) is 0 Å². The van der Waals surface area contributed by atoms with Gasteiger partial charge in [0.05, 0.1) is 19.3 Å². The summed E-state index contributed by atoms with van der Waals surface area (Å²) in [5.74, 6) is 0. The fraction of sp³-hybridized carbons (Fsp3) is 1.00. The first-order chi connectivity index (χ1) is 7.47. The zero-order valence-electron chi connectivity index (χ0n) is 10.6. The fourth-order valence-corrected chi connectivity index (χ4v) is 1.45. The van der Waals surface area contributed by atoms with E-state index in [4.69, 9.17) is 4.74 Å². The third-order valence-electron chi connectivity index (χ3n) is 2.43. The minimum absolute atomic E-state index is 0.0555. The van der Waals surface area contributed by atoms with Crippen molar-refractivity contribution in [2.24, 2.45) is 0 Å². The lowest BCUT2D eigenvalue weighted by Gasteiger charge is -2.29. The Kier molecular flexibility index (Phi) is 5.64. The summed E-state index contributed by atoms with van der Waals surface area (Å²) >= 11 is 0. The molecule has 0 amide bonds. The molecule has 1 rings (SSSR count). The van der Waals surface area contributed by atoms with Crippen LogP contribution in [0.5, 0.6) is 0 Å². The minimum Gasteiger partial charge on any atom is -0.390 e. The van der Waals surface area contributed by atoms with Gasteiger partial charge in [-0.3, -0.25) is 5.43 Å². The number of rotatable bonds is 5. The van der Waals surface area contributed by atoms with Gasteiger partial charge in [0, 0.05) is 31.7 Å². The van der Waals surface area contributed by atoms with Gasteiger partial charge < -0.3 is 15.2 Å². The lowest BCUT2D eigenvalue weighted by molar-refractivity contribution is 0.00303. The maximum absolute atomic E-state index is 9.76. The van der Waals surface area contributed by atoms with Gasteiger partial charge in [-0.25, -0.2) is 5.01 Å². The van der Waals surface area contributed by atoms with Gasteiger partial charge in [0.25, 0.3) is 0 Å². The number of aliphatic hydroxyl groups is 1. The summed E-state index contributed by atoms with van der Waals surface area (Å²) in [5.41, 5.74) is 3.28. The van der Waals surface area contributed by atoms with Gasteiger partial charge in [-0.2, -0.15) is 0 Å². The van der Waals surface area contributed by atoms with Crippen molar-refractivity contribution in [3.05, 3.63) is 0 Å². The monoisotopic (exact) mass is 231 g/mol. The summed E-state index contributed by atoms with van der Waals surface area (Å²) in [7, 11) is 0. The molecule has 1 fully saturated rings. The highest BCUT2D eigenvalue weighted by Gasteiger charge is 2.14. The molecule has 0 aromatic rings. The van der Waals surface area contributed by atoms with Gasteiger partial charge in [-0.1, -0.05) is 0 Å². The molecule has 0 aromatic heterocycles. The molecule has 5 nitrogen and oxygen atoms in total. The Morgan fingerprint density at radius 1 is 1.25 bits per heavy atom. The molecular formula is C11H25N3O2. The first-order valence-corrected chi connectivity index (χ1v) is 5.97. The maximum atomic E-state index is 9.76. The van der Waals surface area contributed by atoms with Crippen LogP contribution in [0, 0.1) is 0 Å². The Morgan fingerprint density at radius 3 is 2.44 bits per heavy atom. The van der Waals surface area contributed by atoms with E-state index in [2.05, 4.69) is 36.5 Å². The van der Waals surface area contributed by atoms with Crippen LogP contribution in [0.15, 0.2) is 0 Å². The Balaban J connectivity index is 2.07. The Labute approximate surface area is 98.1 Å². The summed E-state index contributed by atoms with van der Waals surface area (Å²) < 4.78 is 5.24. The predicted octanol–water partition coefficient (Wildman–Crippen LogP) is -0.428. The molecule has 0 saturated carbocycles. The molecule has 96 valence electrons. The molecule has 3 N–H and O–H groups in total. The number of hydrogen-bond acceptors (Lipinski definition) is 5. The van der Waals surface area contributed by atoms with Crippen LogP contribution in [0.25, 0.3) is 0 Å². The second-order valence-electron chi connectivity index (χ2n) is 5.25. The van der Waals surface area contributed by atoms with Crippen LogP contribution < -0.4 is 10.7 Å². The van der Waals surface area contributed by atoms with Crippen molar-refractivity contribution in [1.29, 1.82) is 0 Å². The summed E-state index contributed by atoms with van der Waals surface area (Å²) in [6.45, 7) is 10.8. The van der Waals surface area contributed by atoms with E-state index in [1.807, 2.05) is 0 Å². The van der Waals surface area contributed by atoms with Crippen LogP contribution in [0.2, 0.25) is 0 Å². The van der Waals surface area contributed by atoms with Crippen molar-refractivity contribution >= 4 is 0 Å². The molecule has 0 bridgehead atoms. The van der Waals surface area contributed by atoms with E-state index >= 15 is 0 Å². The van der Waals surface area contributed by atoms with E-state index in [-0.39, 0.29) is 11.6 Å². The zero-order chi connectivity index (χ0) is 12.0. The zero-order valence-corrected chi connectivity index (χ0v) is 10.6. The molecule has 0 aromatic carbocycles. The third-order valence-corrected chi connectivity index (χ3v) is 2.43. The van der Waals surface area contributed by atoms with Crippen LogP contribution in [0.4, 0.5) is 0 Å². The molecule has 16 heavy (non-hydrogen) atoms. The van der Waals surface area contributed by atoms with Crippen molar-refractivity contribution in [3.8, 4) is 0 Å². The standard InChI is InChI=1S/C11H25N3O2/c1-11(2,3)12-8-10(15)9-13-14-4-6-16-7-5-14/h10,12-13,15H,4-9H2,1-3H3. The number of hydrogen-bond donors (Lipinski definition) is 3. The highest BCUT2D eigenvalue weighted by Crippen LogP contribution is 1.98. The number of β-amino-alcohol motifs (C(OH)–C–C–N with tert-alkyl or cyclic N) is 1. The largest absolute Gasteiger partial charge is 0.390 e. The number of hydrazine groups is 1. The van der Waals surface area contributed by atoms with Gasteiger partial charge >= 0.3 is 0 Å². The second-order valence-corrected chi connectivity index (χ2v) is 5.25. The molecule has 0 aliphatic carbocycles. The quantitative estimate of drug-likeness (QED) is 0.599. The van der Waals surface area contributed by atoms with Gasteiger partial charge in [0.1, 0.15) is 0 Å². The summed E-state index contributed by atoms with van der Waals surface area (Å²) in [5, 5.41) is 15.1. The second kappa shape index (κ2) is 6.51. The highest BCUT2D eigenvalue weighted by molar-refractivity contribution is 4.73. The molecule has 0 radical (unpaired) electrons. The first kappa shape index (κ1) is 13.9. The average Bonchev–Trinajstić information content (AvgIpc) is 2.24. The van der Waals surface area contributed by atoms with E-state index in [9.17, 15) is 5.11 Å². The molecule has 1 atom stereocenters. The van der Waals surface area contributed by atoms with Crippen molar-refractivity contribution in [2.75, 3.05) is 39.4 Å². The van der Waals surface area contributed by atoms with Crippen LogP contribution in [0.1, 0.15) is 20.8 Å². The third kappa shape index (κ3) is 6.40. The van der Waals surface area contributed by atoms with Crippen molar-refractivity contribution in [2.45, 2.75) is 32.4 Å². The highest BCUT2D eigenvalue weighted by atomic mass is 16.5. The Bertz CT molecular complexity index is 188. The number of morpholine rings is 1. The Hall–Kier alpha value is -0.200. The lowest BCUT2D eigenvalue weighted by atomic mass is 10.1. The van der Waals surface area contributed by atoms with Crippen LogP contribution in [0.3, 0.4) is 0 Å². The van der Waals surface area contributed by atoms with Crippen LogP contribution >= 0.6 is 0 Å². The van der Waals surface area contributed by atoms with Crippen LogP contribution in [-0.2, 0) is 4.74 Å². The molecule has 0 spiro atoms. The molecule has 1 unspecified atom stereocenters. The molecule has 1 aliphatic heterocycles. The van der Waals surface area contributed by atoms with Crippen molar-refractivity contribution < 1.29 is 9.84 Å². The average molecular weight is 231 g/mol. The van der Waals surface area contributed by atoms with Gasteiger partial charge in [0.15, 0.2) is 0 Å². The van der Waals surface area contributed by atoms with Crippen molar-refractivity contribution in [1.82, 2.24) is 15.8 Å². The normalized spacial score (nSPS) is 21.0. The number of nitrogens with one attached hydrogen (secondary N) is 2. The smallest absolute Gasteiger partial charge is 0.0802 e. The van der Waals surface area contributed by atoms with E-state index in [1.54, 1.807) is 0 Å². The fourth-order valence-electron chi connectivity index (χ4n) is 1.45. The van der Waals surface area contributed by atoms with E-state index < -0.39 is 0 Å². The Morgan fingerprint density at radius 2 is 1.88 bits per heavy atom. The maximum Gasteiger partial charge on any atom is 0.0802 e. The number of ether oxygens (including phenoxy) is 1. The summed E-state index contributed by atoms with van der Waals surface area (Å²) in [6.07, 6.45) is -0.359. The molecular weight excluding hydrogens is 206 g/mol. The van der Waals surface area contributed by atoms with E-state index in [0.717, 1.165) is 26.3 Å². The van der Waals surface area contributed by atoms with Gasteiger partial charge in [-0.15, -0.1) is 0 Å². The lowest BCUT2D eigenvalue weighted by Crippen LogP contribution is -2.50. The molecule has 1 aliphatic rings. The molecule has 1 heterocycles. The number of aliphatic hydroxyl groups excluding tert-OH is 1. The van der Waals surface area contributed by atoms with Crippen LogP contribution in [-0.4, -0.2) is 61.2 Å². The predicted molar refractivity (Wildman–Crippen MR) is 64.2 cm³/mol. The van der Waals surface area contributed by atoms with Crippen molar-refractivity contribution in [3.63, 3.8) is 0 Å². The minimum atomic E-state index is -0.359. The number of nitrogens with zero attached hydrogens (tertiary/aromatic N) is 1. The SMILES string of the molecule is CC(C)(C)NCC(O)CNN1CCOCC1. The van der Waals surface area contributed by atoms with E-state index in [0.29, 0.717) is 13.1 Å².